The topological polar surface area (TPSA) is 59.6 Å². The molecule has 2 N–H and O–H groups in total. The first-order valence-corrected chi connectivity index (χ1v) is 6.80. The number of carbonyl (C=O) groups is 1. The van der Waals surface area contributed by atoms with Gasteiger partial charge >= 0.3 is 0 Å². The minimum absolute atomic E-state index is 0.100. The molecule has 5 heteroatoms. The number of hydrogen-bond donors (Lipinski definition) is 2. The van der Waals surface area contributed by atoms with Crippen LogP contribution in [0.15, 0.2) is 18.2 Å². The van der Waals surface area contributed by atoms with Crippen LogP contribution in [0, 0.1) is 12.3 Å². The zero-order valence-electron chi connectivity index (χ0n) is 12.7. The molecule has 1 amide bonds. The van der Waals surface area contributed by atoms with Crippen molar-refractivity contribution in [2.75, 3.05) is 20.3 Å². The highest BCUT2D eigenvalue weighted by Gasteiger charge is 2.12. The van der Waals surface area contributed by atoms with Gasteiger partial charge < -0.3 is 20.1 Å². The van der Waals surface area contributed by atoms with E-state index < -0.39 is 0 Å². The molecule has 1 rings (SSSR count). The second-order valence-corrected chi connectivity index (χ2v) is 4.75. The minimum Gasteiger partial charge on any atom is -0.493 e. The second-order valence-electron chi connectivity index (χ2n) is 4.75. The summed E-state index contributed by atoms with van der Waals surface area (Å²) in [5.74, 6) is 3.25. The van der Waals surface area contributed by atoms with Gasteiger partial charge in [0.05, 0.1) is 13.7 Å². The van der Waals surface area contributed by atoms with Gasteiger partial charge in [0.15, 0.2) is 18.1 Å². The summed E-state index contributed by atoms with van der Waals surface area (Å²) < 4.78 is 10.9. The number of ether oxygens (including phenoxy) is 2. The zero-order valence-corrected chi connectivity index (χ0v) is 12.7. The van der Waals surface area contributed by atoms with Crippen LogP contribution in [0.2, 0.25) is 0 Å². The lowest BCUT2D eigenvalue weighted by Crippen LogP contribution is -2.29. The summed E-state index contributed by atoms with van der Waals surface area (Å²) >= 11 is 0. The molecule has 0 aliphatic carbocycles. The molecule has 0 aliphatic heterocycles. The van der Waals surface area contributed by atoms with Crippen molar-refractivity contribution >= 4 is 5.91 Å². The van der Waals surface area contributed by atoms with Gasteiger partial charge in [0.1, 0.15) is 0 Å². The molecule has 21 heavy (non-hydrogen) atoms. The minimum atomic E-state index is -0.262. The quantitative estimate of drug-likeness (QED) is 0.709. The molecule has 0 atom stereocenters. The maximum atomic E-state index is 11.6. The monoisotopic (exact) mass is 290 g/mol. The first-order valence-electron chi connectivity index (χ1n) is 6.80. The van der Waals surface area contributed by atoms with Crippen LogP contribution < -0.4 is 20.1 Å². The summed E-state index contributed by atoms with van der Waals surface area (Å²) in [5.41, 5.74) is 0.938. The van der Waals surface area contributed by atoms with E-state index in [1.165, 1.54) is 0 Å². The maximum Gasteiger partial charge on any atom is 0.258 e. The Hall–Kier alpha value is -2.19. The van der Waals surface area contributed by atoms with E-state index in [9.17, 15) is 4.79 Å². The summed E-state index contributed by atoms with van der Waals surface area (Å²) in [6, 6.07) is 5.98. The third kappa shape index (κ3) is 5.76. The van der Waals surface area contributed by atoms with Crippen LogP contribution in [0.5, 0.6) is 11.5 Å². The molecule has 0 spiro atoms. The van der Waals surface area contributed by atoms with E-state index in [1.54, 1.807) is 13.2 Å². The van der Waals surface area contributed by atoms with E-state index >= 15 is 0 Å². The number of terminal acetylenes is 1. The molecular formula is C16H22N2O3. The van der Waals surface area contributed by atoms with Crippen LogP contribution in [-0.4, -0.2) is 32.2 Å². The number of amides is 1. The zero-order chi connectivity index (χ0) is 15.7. The Morgan fingerprint density at radius 1 is 1.43 bits per heavy atom. The molecule has 0 saturated carbocycles. The van der Waals surface area contributed by atoms with Crippen LogP contribution >= 0.6 is 0 Å². The van der Waals surface area contributed by atoms with Gasteiger partial charge in [-0.3, -0.25) is 4.79 Å². The van der Waals surface area contributed by atoms with Crippen LogP contribution in [0.25, 0.3) is 0 Å². The largest absolute Gasteiger partial charge is 0.493 e. The van der Waals surface area contributed by atoms with Gasteiger partial charge in [-0.2, -0.15) is 0 Å². The predicted octanol–water partition coefficient (Wildman–Crippen LogP) is 1.32. The van der Waals surface area contributed by atoms with Crippen molar-refractivity contribution in [3.63, 3.8) is 0 Å². The highest BCUT2D eigenvalue weighted by molar-refractivity contribution is 5.77. The third-order valence-corrected chi connectivity index (χ3v) is 2.72. The highest BCUT2D eigenvalue weighted by Crippen LogP contribution is 2.31. The lowest BCUT2D eigenvalue weighted by molar-refractivity contribution is -0.122. The van der Waals surface area contributed by atoms with Crippen molar-refractivity contribution in [3.05, 3.63) is 23.8 Å². The van der Waals surface area contributed by atoms with E-state index in [4.69, 9.17) is 15.9 Å². The van der Waals surface area contributed by atoms with Crippen molar-refractivity contribution in [2.45, 2.75) is 26.4 Å². The normalized spacial score (nSPS) is 10.0. The number of carbonyl (C=O) groups excluding carboxylic acids is 1. The van der Waals surface area contributed by atoms with Gasteiger partial charge in [-0.05, 0) is 6.07 Å². The van der Waals surface area contributed by atoms with Crippen LogP contribution in [0.3, 0.4) is 0 Å². The molecule has 0 aliphatic rings. The van der Waals surface area contributed by atoms with Gasteiger partial charge in [-0.15, -0.1) is 6.42 Å². The standard InChI is InChI=1S/C16H22N2O3/c1-5-9-17-15(19)11-21-16-13(10-18-12(2)3)7-6-8-14(16)20-4/h1,6-8,12,18H,9-11H2,2-4H3,(H,17,19). The number of para-hydroxylation sites is 1. The average Bonchev–Trinajstić information content (AvgIpc) is 2.48. The maximum absolute atomic E-state index is 11.6. The van der Waals surface area contributed by atoms with Gasteiger partial charge in [-0.1, -0.05) is 31.9 Å². The Balaban J connectivity index is 2.77. The molecule has 0 unspecified atom stereocenters. The lowest BCUT2D eigenvalue weighted by atomic mass is 10.1. The Morgan fingerprint density at radius 3 is 2.81 bits per heavy atom. The van der Waals surface area contributed by atoms with Crippen molar-refractivity contribution in [1.82, 2.24) is 10.6 Å². The number of benzene rings is 1. The lowest BCUT2D eigenvalue weighted by Gasteiger charge is -2.16. The van der Waals surface area contributed by atoms with Gasteiger partial charge in [-0.25, -0.2) is 0 Å². The van der Waals surface area contributed by atoms with Gasteiger partial charge in [0, 0.05) is 18.2 Å². The molecule has 0 fully saturated rings. The molecule has 0 radical (unpaired) electrons. The number of rotatable bonds is 8. The van der Waals surface area contributed by atoms with Crippen molar-refractivity contribution in [2.24, 2.45) is 0 Å². The SMILES string of the molecule is C#CCNC(=O)COc1c(CNC(C)C)cccc1OC. The van der Waals surface area contributed by atoms with E-state index in [-0.39, 0.29) is 19.1 Å². The smallest absolute Gasteiger partial charge is 0.258 e. The van der Waals surface area contributed by atoms with Crippen LogP contribution in [0.4, 0.5) is 0 Å². The van der Waals surface area contributed by atoms with E-state index in [0.29, 0.717) is 24.1 Å². The summed E-state index contributed by atoms with van der Waals surface area (Å²) in [6.07, 6.45) is 5.09. The predicted molar refractivity (Wildman–Crippen MR) is 82.3 cm³/mol. The summed E-state index contributed by atoms with van der Waals surface area (Å²) in [4.78, 5) is 11.6. The van der Waals surface area contributed by atoms with E-state index in [2.05, 4.69) is 30.4 Å². The average molecular weight is 290 g/mol. The molecule has 114 valence electrons. The van der Waals surface area contributed by atoms with Crippen molar-refractivity contribution < 1.29 is 14.3 Å². The summed E-state index contributed by atoms with van der Waals surface area (Å²) in [5, 5.41) is 5.87. The summed E-state index contributed by atoms with van der Waals surface area (Å²) in [7, 11) is 1.57. The van der Waals surface area contributed by atoms with Gasteiger partial charge in [0.2, 0.25) is 0 Å². The molecule has 1 aromatic carbocycles. The molecule has 0 heterocycles. The Labute approximate surface area is 126 Å². The number of methoxy groups -OCH3 is 1. The molecular weight excluding hydrogens is 268 g/mol. The molecule has 0 bridgehead atoms. The first-order chi connectivity index (χ1) is 10.1. The van der Waals surface area contributed by atoms with Crippen LogP contribution in [0.1, 0.15) is 19.4 Å². The second kappa shape index (κ2) is 8.88. The highest BCUT2D eigenvalue weighted by atomic mass is 16.5. The fourth-order valence-corrected chi connectivity index (χ4v) is 1.68. The van der Waals surface area contributed by atoms with Crippen molar-refractivity contribution in [1.29, 1.82) is 0 Å². The number of hydrogen-bond acceptors (Lipinski definition) is 4. The Bertz CT molecular complexity index is 507. The third-order valence-electron chi connectivity index (χ3n) is 2.72. The van der Waals surface area contributed by atoms with Crippen LogP contribution in [-0.2, 0) is 11.3 Å². The van der Waals surface area contributed by atoms with Gasteiger partial charge in [0.25, 0.3) is 5.91 Å². The molecule has 0 aromatic heterocycles. The molecule has 1 aromatic rings. The first kappa shape index (κ1) is 16.9. The van der Waals surface area contributed by atoms with Crippen molar-refractivity contribution in [3.8, 4) is 23.8 Å². The Kier molecular flexibility index (Phi) is 7.13. The number of nitrogens with one attached hydrogen (secondary N) is 2. The van der Waals surface area contributed by atoms with E-state index in [1.807, 2.05) is 12.1 Å². The fourth-order valence-electron chi connectivity index (χ4n) is 1.68. The van der Waals surface area contributed by atoms with E-state index in [0.717, 1.165) is 5.56 Å². The fraction of sp³-hybridized carbons (Fsp3) is 0.438. The molecule has 5 nitrogen and oxygen atoms in total. The molecule has 0 saturated heterocycles. The summed E-state index contributed by atoms with van der Waals surface area (Å²) in [6.45, 7) is 4.85. The Morgan fingerprint density at radius 2 is 2.19 bits per heavy atom.